The second kappa shape index (κ2) is 7.58. The minimum atomic E-state index is -1.01. The lowest BCUT2D eigenvalue weighted by molar-refractivity contribution is -0.142. The first-order chi connectivity index (χ1) is 11.0. The van der Waals surface area contributed by atoms with Gasteiger partial charge in [-0.3, -0.25) is 4.79 Å². The molecule has 0 aliphatic heterocycles. The largest absolute Gasteiger partial charge is 0.480 e. The predicted octanol–water partition coefficient (Wildman–Crippen LogP) is 2.03. The predicted molar refractivity (Wildman–Crippen MR) is 86.3 cm³/mol. The molecule has 2 aromatic rings. The van der Waals surface area contributed by atoms with Crippen LogP contribution in [-0.2, 0) is 16.0 Å². The Hall–Kier alpha value is -2.63. The number of hydrogen-bond acceptors (Lipinski definition) is 3. The molecule has 0 aliphatic rings. The molecule has 0 radical (unpaired) electrons. The van der Waals surface area contributed by atoms with Gasteiger partial charge in [-0.2, -0.15) is 5.10 Å². The van der Waals surface area contributed by atoms with Crippen molar-refractivity contribution in [3.8, 4) is 5.69 Å². The van der Waals surface area contributed by atoms with E-state index in [4.69, 9.17) is 5.11 Å². The van der Waals surface area contributed by atoms with Gasteiger partial charge in [0.1, 0.15) is 6.04 Å². The highest BCUT2D eigenvalue weighted by molar-refractivity contribution is 5.84. The minimum Gasteiger partial charge on any atom is -0.480 e. The standard InChI is InChI=1S/C17H21N3O3/c1-12(2)8-15(17(22)23)19-16(21)9-13-10-18-20(11-13)14-6-4-3-5-7-14/h3-7,10-12,15H,8-9H2,1-2H3,(H,19,21)(H,22,23). The van der Waals surface area contributed by atoms with Crippen molar-refractivity contribution in [2.75, 3.05) is 0 Å². The summed E-state index contributed by atoms with van der Waals surface area (Å²) in [6, 6.07) is 8.72. The summed E-state index contributed by atoms with van der Waals surface area (Å²) in [5, 5.41) is 16.0. The molecule has 0 aliphatic carbocycles. The average Bonchev–Trinajstić information content (AvgIpc) is 2.95. The number of carbonyl (C=O) groups is 2. The molecule has 1 heterocycles. The number of amides is 1. The van der Waals surface area contributed by atoms with Gasteiger partial charge < -0.3 is 10.4 Å². The molecule has 1 aromatic carbocycles. The van der Waals surface area contributed by atoms with Crippen molar-refractivity contribution in [1.82, 2.24) is 15.1 Å². The molecule has 2 N–H and O–H groups in total. The number of nitrogens with one attached hydrogen (secondary N) is 1. The van der Waals surface area contributed by atoms with E-state index in [0.717, 1.165) is 11.3 Å². The van der Waals surface area contributed by atoms with Crippen LogP contribution in [0.5, 0.6) is 0 Å². The first-order valence-electron chi connectivity index (χ1n) is 7.57. The van der Waals surface area contributed by atoms with E-state index in [0.29, 0.717) is 6.42 Å². The highest BCUT2D eigenvalue weighted by atomic mass is 16.4. The Morgan fingerprint density at radius 1 is 1.26 bits per heavy atom. The van der Waals surface area contributed by atoms with Gasteiger partial charge in [0.25, 0.3) is 0 Å². The lowest BCUT2D eigenvalue weighted by Gasteiger charge is -2.16. The van der Waals surface area contributed by atoms with E-state index in [1.807, 2.05) is 44.2 Å². The van der Waals surface area contributed by atoms with Crippen LogP contribution in [0.1, 0.15) is 25.8 Å². The molecule has 0 spiro atoms. The maximum atomic E-state index is 12.0. The summed E-state index contributed by atoms with van der Waals surface area (Å²) < 4.78 is 1.69. The van der Waals surface area contributed by atoms with Crippen molar-refractivity contribution in [2.45, 2.75) is 32.7 Å². The Balaban J connectivity index is 1.98. The SMILES string of the molecule is CC(C)CC(NC(=O)Cc1cnn(-c2ccccc2)c1)C(=O)O. The number of aliphatic carboxylic acids is 1. The average molecular weight is 315 g/mol. The van der Waals surface area contributed by atoms with E-state index in [2.05, 4.69) is 10.4 Å². The quantitative estimate of drug-likeness (QED) is 0.819. The Morgan fingerprint density at radius 2 is 1.96 bits per heavy atom. The van der Waals surface area contributed by atoms with E-state index in [9.17, 15) is 9.59 Å². The van der Waals surface area contributed by atoms with Crippen LogP contribution >= 0.6 is 0 Å². The number of aromatic nitrogens is 2. The third-order valence-electron chi connectivity index (χ3n) is 3.36. The molecule has 2 rings (SSSR count). The number of carbonyl (C=O) groups excluding carboxylic acids is 1. The number of benzene rings is 1. The van der Waals surface area contributed by atoms with Gasteiger partial charge in [-0.1, -0.05) is 32.0 Å². The zero-order chi connectivity index (χ0) is 16.8. The van der Waals surface area contributed by atoms with Crippen molar-refractivity contribution in [2.24, 2.45) is 5.92 Å². The summed E-state index contributed by atoms with van der Waals surface area (Å²) in [6.45, 7) is 3.85. The van der Waals surface area contributed by atoms with Gasteiger partial charge in [-0.25, -0.2) is 9.48 Å². The Morgan fingerprint density at radius 3 is 2.57 bits per heavy atom. The van der Waals surface area contributed by atoms with E-state index < -0.39 is 12.0 Å². The van der Waals surface area contributed by atoms with Gasteiger partial charge in [0.05, 0.1) is 18.3 Å². The normalized spacial score (nSPS) is 12.1. The van der Waals surface area contributed by atoms with E-state index in [1.54, 1.807) is 17.1 Å². The van der Waals surface area contributed by atoms with Crippen LogP contribution < -0.4 is 5.32 Å². The van der Waals surface area contributed by atoms with Gasteiger partial charge in [0.15, 0.2) is 0 Å². The molecule has 122 valence electrons. The van der Waals surface area contributed by atoms with Gasteiger partial charge >= 0.3 is 5.97 Å². The van der Waals surface area contributed by atoms with Gasteiger partial charge in [-0.05, 0) is 30.0 Å². The second-order valence-electron chi connectivity index (χ2n) is 5.89. The van der Waals surface area contributed by atoms with Crippen LogP contribution in [0.25, 0.3) is 5.69 Å². The fourth-order valence-corrected chi connectivity index (χ4v) is 2.30. The molecule has 1 unspecified atom stereocenters. The molecule has 1 aromatic heterocycles. The van der Waals surface area contributed by atoms with E-state index >= 15 is 0 Å². The lowest BCUT2D eigenvalue weighted by Crippen LogP contribution is -2.42. The van der Waals surface area contributed by atoms with Crippen molar-refractivity contribution in [1.29, 1.82) is 0 Å². The fraction of sp³-hybridized carbons (Fsp3) is 0.353. The number of rotatable bonds is 7. The first-order valence-corrected chi connectivity index (χ1v) is 7.57. The summed E-state index contributed by atoms with van der Waals surface area (Å²) in [5.41, 5.74) is 1.64. The van der Waals surface area contributed by atoms with Crippen LogP contribution in [0.15, 0.2) is 42.7 Å². The lowest BCUT2D eigenvalue weighted by atomic mass is 10.0. The summed E-state index contributed by atoms with van der Waals surface area (Å²) >= 11 is 0. The smallest absolute Gasteiger partial charge is 0.326 e. The highest BCUT2D eigenvalue weighted by Crippen LogP contribution is 2.09. The van der Waals surface area contributed by atoms with Gasteiger partial charge in [0.2, 0.25) is 5.91 Å². The van der Waals surface area contributed by atoms with Gasteiger partial charge in [0, 0.05) is 6.20 Å². The zero-order valence-corrected chi connectivity index (χ0v) is 13.3. The summed E-state index contributed by atoms with van der Waals surface area (Å²) in [6.07, 6.45) is 3.90. The fourth-order valence-electron chi connectivity index (χ4n) is 2.30. The second-order valence-corrected chi connectivity index (χ2v) is 5.89. The molecular weight excluding hydrogens is 294 g/mol. The first kappa shape index (κ1) is 16.7. The number of para-hydroxylation sites is 1. The third kappa shape index (κ3) is 4.95. The van der Waals surface area contributed by atoms with Crippen LogP contribution in [0.3, 0.4) is 0 Å². The molecule has 0 fully saturated rings. The van der Waals surface area contributed by atoms with Crippen LogP contribution in [0.2, 0.25) is 0 Å². The summed E-state index contributed by atoms with van der Waals surface area (Å²) in [5.74, 6) is -1.13. The van der Waals surface area contributed by atoms with E-state index in [-0.39, 0.29) is 18.2 Å². The molecule has 1 atom stereocenters. The zero-order valence-electron chi connectivity index (χ0n) is 13.3. The van der Waals surface area contributed by atoms with Crippen LogP contribution in [-0.4, -0.2) is 32.8 Å². The van der Waals surface area contributed by atoms with Gasteiger partial charge in [-0.15, -0.1) is 0 Å². The molecular formula is C17H21N3O3. The molecule has 6 heteroatoms. The maximum absolute atomic E-state index is 12.0. The molecule has 0 saturated heterocycles. The summed E-state index contributed by atoms with van der Waals surface area (Å²) in [4.78, 5) is 23.2. The summed E-state index contributed by atoms with van der Waals surface area (Å²) in [7, 11) is 0. The van der Waals surface area contributed by atoms with Crippen molar-refractivity contribution in [3.63, 3.8) is 0 Å². The molecule has 0 saturated carbocycles. The molecule has 6 nitrogen and oxygen atoms in total. The Kier molecular flexibility index (Phi) is 5.51. The van der Waals surface area contributed by atoms with Crippen LogP contribution in [0.4, 0.5) is 0 Å². The highest BCUT2D eigenvalue weighted by Gasteiger charge is 2.21. The molecule has 1 amide bonds. The topological polar surface area (TPSA) is 84.2 Å². The minimum absolute atomic E-state index is 0.106. The Bertz CT molecular complexity index is 665. The maximum Gasteiger partial charge on any atom is 0.326 e. The van der Waals surface area contributed by atoms with E-state index in [1.165, 1.54) is 0 Å². The number of hydrogen-bond donors (Lipinski definition) is 2. The van der Waals surface area contributed by atoms with Crippen molar-refractivity contribution in [3.05, 3.63) is 48.3 Å². The monoisotopic (exact) mass is 315 g/mol. The van der Waals surface area contributed by atoms with Crippen LogP contribution in [0, 0.1) is 5.92 Å². The third-order valence-corrected chi connectivity index (χ3v) is 3.36. The molecule has 0 bridgehead atoms. The number of carboxylic acid groups (broad SMARTS) is 1. The molecule has 23 heavy (non-hydrogen) atoms. The Labute approximate surface area is 135 Å². The van der Waals surface area contributed by atoms with Crippen molar-refractivity contribution < 1.29 is 14.7 Å². The number of carboxylic acids is 1. The van der Waals surface area contributed by atoms with Crippen molar-refractivity contribution >= 4 is 11.9 Å². The number of nitrogens with zero attached hydrogens (tertiary/aromatic N) is 2.